The number of aryl methyl sites for hydroxylation is 2. The summed E-state index contributed by atoms with van der Waals surface area (Å²) in [6.45, 7) is 7.18. The summed E-state index contributed by atoms with van der Waals surface area (Å²) in [6.07, 6.45) is 4.40. The fourth-order valence-electron chi connectivity index (χ4n) is 2.46. The number of benzene rings is 1. The molecule has 0 fully saturated rings. The summed E-state index contributed by atoms with van der Waals surface area (Å²) in [5, 5.41) is 4.63. The number of nitrogens with one attached hydrogen (secondary N) is 1. The highest BCUT2D eigenvalue weighted by Crippen LogP contribution is 2.31. The maximum Gasteiger partial charge on any atom is 0.148 e. The van der Waals surface area contributed by atoms with E-state index in [1.165, 1.54) is 12.8 Å². The fraction of sp³-hybridized carbons (Fsp3) is 0.444. The number of halogens is 2. The zero-order chi connectivity index (χ0) is 16.8. The Morgan fingerprint density at radius 1 is 1.09 bits per heavy atom. The van der Waals surface area contributed by atoms with Crippen molar-refractivity contribution in [3.8, 4) is 11.3 Å². The zero-order valence-electron chi connectivity index (χ0n) is 13.9. The van der Waals surface area contributed by atoms with E-state index in [0.29, 0.717) is 10.0 Å². The number of hydrogen-bond acceptors (Lipinski definition) is 3. The molecule has 2 rings (SSSR count). The van der Waals surface area contributed by atoms with Crippen molar-refractivity contribution in [2.45, 2.75) is 46.5 Å². The predicted molar refractivity (Wildman–Crippen MR) is 99.6 cm³/mol. The minimum atomic E-state index is 0.598. The van der Waals surface area contributed by atoms with Crippen LogP contribution in [0, 0.1) is 6.92 Å². The van der Waals surface area contributed by atoms with E-state index < -0.39 is 0 Å². The molecule has 124 valence electrons. The average Bonchev–Trinajstić information content (AvgIpc) is 2.52. The summed E-state index contributed by atoms with van der Waals surface area (Å²) in [7, 11) is 0. The third-order valence-corrected chi connectivity index (χ3v) is 4.28. The lowest BCUT2D eigenvalue weighted by atomic mass is 10.1. The van der Waals surface area contributed by atoms with Crippen LogP contribution in [-0.2, 0) is 6.42 Å². The normalized spacial score (nSPS) is 10.8. The molecule has 0 radical (unpaired) electrons. The van der Waals surface area contributed by atoms with Gasteiger partial charge in [-0.15, -0.1) is 0 Å². The molecule has 1 N–H and O–H groups in total. The fourth-order valence-corrected chi connectivity index (χ4v) is 2.96. The van der Waals surface area contributed by atoms with Gasteiger partial charge in [-0.3, -0.25) is 0 Å². The van der Waals surface area contributed by atoms with Gasteiger partial charge in [0.25, 0.3) is 0 Å². The van der Waals surface area contributed by atoms with Crippen molar-refractivity contribution in [2.24, 2.45) is 0 Å². The Balaban J connectivity index is 2.32. The average molecular weight is 352 g/mol. The Hall–Kier alpha value is -1.32. The zero-order valence-corrected chi connectivity index (χ0v) is 15.4. The Morgan fingerprint density at radius 3 is 2.52 bits per heavy atom. The number of unbranched alkanes of at least 4 members (excludes halogenated alkanes) is 2. The molecule has 0 bridgehead atoms. The second kappa shape index (κ2) is 8.51. The molecule has 0 saturated heterocycles. The summed E-state index contributed by atoms with van der Waals surface area (Å²) in [5.74, 6) is 0.884. The quantitative estimate of drug-likeness (QED) is 0.628. The van der Waals surface area contributed by atoms with Crippen molar-refractivity contribution < 1.29 is 0 Å². The predicted octanol–water partition coefficient (Wildman–Crippen LogP) is 5.92. The SMILES string of the molecule is CCCCCNc1nc(C)c(-c2ccc(Cl)cc2Cl)nc1CC. The number of aromatic nitrogens is 2. The minimum absolute atomic E-state index is 0.598. The highest BCUT2D eigenvalue weighted by Gasteiger charge is 2.14. The molecule has 5 heteroatoms. The second-order valence-corrected chi connectivity index (χ2v) is 6.41. The molecule has 0 atom stereocenters. The molecular weight excluding hydrogens is 329 g/mol. The Bertz CT molecular complexity index is 672. The number of nitrogens with zero attached hydrogens (tertiary/aromatic N) is 2. The van der Waals surface area contributed by atoms with E-state index in [1.807, 2.05) is 19.1 Å². The Kier molecular flexibility index (Phi) is 6.67. The standard InChI is InChI=1S/C18H23Cl2N3/c1-4-6-7-10-21-18-16(5-2)23-17(12(3)22-18)14-9-8-13(19)11-15(14)20/h8-9,11H,4-7,10H2,1-3H3,(H,21,22). The van der Waals surface area contributed by atoms with Crippen LogP contribution in [0.3, 0.4) is 0 Å². The molecule has 0 aliphatic rings. The molecule has 3 nitrogen and oxygen atoms in total. The molecule has 0 saturated carbocycles. The molecule has 0 unspecified atom stereocenters. The van der Waals surface area contributed by atoms with Crippen LogP contribution in [0.2, 0.25) is 10.0 Å². The molecular formula is C18H23Cl2N3. The number of anilines is 1. The Morgan fingerprint density at radius 2 is 1.87 bits per heavy atom. The largest absolute Gasteiger partial charge is 0.369 e. The van der Waals surface area contributed by atoms with Gasteiger partial charge in [-0.2, -0.15) is 0 Å². The lowest BCUT2D eigenvalue weighted by Crippen LogP contribution is -2.10. The van der Waals surface area contributed by atoms with Crippen LogP contribution in [0.15, 0.2) is 18.2 Å². The van der Waals surface area contributed by atoms with E-state index in [4.69, 9.17) is 33.2 Å². The van der Waals surface area contributed by atoms with E-state index in [9.17, 15) is 0 Å². The van der Waals surface area contributed by atoms with Crippen molar-refractivity contribution in [1.29, 1.82) is 0 Å². The van der Waals surface area contributed by atoms with Crippen LogP contribution in [0.1, 0.15) is 44.5 Å². The van der Waals surface area contributed by atoms with E-state index in [2.05, 4.69) is 19.2 Å². The van der Waals surface area contributed by atoms with Crippen LogP contribution < -0.4 is 5.32 Å². The molecule has 0 spiro atoms. The van der Waals surface area contributed by atoms with Gasteiger partial charge < -0.3 is 5.32 Å². The molecule has 2 aromatic rings. The summed E-state index contributed by atoms with van der Waals surface area (Å²) >= 11 is 12.3. The lowest BCUT2D eigenvalue weighted by molar-refractivity contribution is 0.740. The maximum absolute atomic E-state index is 6.32. The van der Waals surface area contributed by atoms with E-state index in [1.54, 1.807) is 6.07 Å². The molecule has 0 aliphatic carbocycles. The van der Waals surface area contributed by atoms with Gasteiger partial charge in [0.2, 0.25) is 0 Å². The first-order valence-corrected chi connectivity index (χ1v) is 8.89. The van der Waals surface area contributed by atoms with Crippen LogP contribution in [0.25, 0.3) is 11.3 Å². The van der Waals surface area contributed by atoms with E-state index in [-0.39, 0.29) is 0 Å². The summed E-state index contributed by atoms with van der Waals surface area (Å²) in [4.78, 5) is 9.51. The van der Waals surface area contributed by atoms with Gasteiger partial charge in [0.05, 0.1) is 22.1 Å². The van der Waals surface area contributed by atoms with Crippen molar-refractivity contribution >= 4 is 29.0 Å². The van der Waals surface area contributed by atoms with Gasteiger partial charge in [-0.1, -0.05) is 49.9 Å². The van der Waals surface area contributed by atoms with Gasteiger partial charge >= 0.3 is 0 Å². The van der Waals surface area contributed by atoms with Crippen molar-refractivity contribution in [3.05, 3.63) is 39.6 Å². The van der Waals surface area contributed by atoms with Crippen LogP contribution >= 0.6 is 23.2 Å². The third kappa shape index (κ3) is 4.58. The molecule has 0 amide bonds. The highest BCUT2D eigenvalue weighted by molar-refractivity contribution is 6.36. The van der Waals surface area contributed by atoms with Crippen molar-refractivity contribution in [3.63, 3.8) is 0 Å². The second-order valence-electron chi connectivity index (χ2n) is 5.56. The van der Waals surface area contributed by atoms with E-state index in [0.717, 1.165) is 47.8 Å². The number of hydrogen-bond donors (Lipinski definition) is 1. The van der Waals surface area contributed by atoms with Crippen LogP contribution in [0.4, 0.5) is 5.82 Å². The van der Waals surface area contributed by atoms with Gasteiger partial charge in [0, 0.05) is 17.1 Å². The first kappa shape index (κ1) is 18.0. The highest BCUT2D eigenvalue weighted by atomic mass is 35.5. The van der Waals surface area contributed by atoms with Gasteiger partial charge in [0.15, 0.2) is 0 Å². The van der Waals surface area contributed by atoms with E-state index >= 15 is 0 Å². The molecule has 0 aliphatic heterocycles. The first-order chi connectivity index (χ1) is 11.1. The minimum Gasteiger partial charge on any atom is -0.369 e. The van der Waals surface area contributed by atoms with Crippen molar-refractivity contribution in [2.75, 3.05) is 11.9 Å². The molecule has 23 heavy (non-hydrogen) atoms. The third-order valence-electron chi connectivity index (χ3n) is 3.74. The first-order valence-electron chi connectivity index (χ1n) is 8.13. The van der Waals surface area contributed by atoms with Gasteiger partial charge in [-0.05, 0) is 38.0 Å². The summed E-state index contributed by atoms with van der Waals surface area (Å²) in [5.41, 5.74) is 3.52. The van der Waals surface area contributed by atoms with Gasteiger partial charge in [-0.25, -0.2) is 9.97 Å². The summed E-state index contributed by atoms with van der Waals surface area (Å²) < 4.78 is 0. The molecule has 1 heterocycles. The van der Waals surface area contributed by atoms with Crippen LogP contribution in [0.5, 0.6) is 0 Å². The monoisotopic (exact) mass is 351 g/mol. The topological polar surface area (TPSA) is 37.8 Å². The lowest BCUT2D eigenvalue weighted by Gasteiger charge is -2.14. The maximum atomic E-state index is 6.32. The van der Waals surface area contributed by atoms with Crippen molar-refractivity contribution in [1.82, 2.24) is 9.97 Å². The molecule has 1 aromatic heterocycles. The number of rotatable bonds is 7. The van der Waals surface area contributed by atoms with Gasteiger partial charge in [0.1, 0.15) is 5.82 Å². The Labute approximate surface area is 148 Å². The summed E-state index contributed by atoms with van der Waals surface area (Å²) in [6, 6.07) is 5.46. The smallest absolute Gasteiger partial charge is 0.148 e. The molecule has 1 aromatic carbocycles. The van der Waals surface area contributed by atoms with Crippen LogP contribution in [-0.4, -0.2) is 16.5 Å².